The minimum Gasteiger partial charge on any atom is -0.489 e. The second-order valence-corrected chi connectivity index (χ2v) is 9.35. The molecule has 40 heavy (non-hydrogen) atoms. The van der Waals surface area contributed by atoms with E-state index in [0.717, 1.165) is 42.7 Å². The first kappa shape index (κ1) is 28.5. The number of anilines is 1. The van der Waals surface area contributed by atoms with Crippen LogP contribution in [0.25, 0.3) is 16.6 Å². The van der Waals surface area contributed by atoms with Crippen molar-refractivity contribution >= 4 is 17.2 Å². The van der Waals surface area contributed by atoms with Gasteiger partial charge in [-0.15, -0.1) is 0 Å². The van der Waals surface area contributed by atoms with E-state index in [2.05, 4.69) is 16.1 Å². The van der Waals surface area contributed by atoms with Gasteiger partial charge in [0.25, 0.3) is 0 Å². The summed E-state index contributed by atoms with van der Waals surface area (Å²) in [4.78, 5) is 21.6. The lowest BCUT2D eigenvalue weighted by Gasteiger charge is -2.35. The highest BCUT2D eigenvalue weighted by molar-refractivity contribution is 5.85. The first-order valence-electron chi connectivity index (χ1n) is 13.1. The number of nitriles is 1. The van der Waals surface area contributed by atoms with E-state index < -0.39 is 0 Å². The van der Waals surface area contributed by atoms with E-state index in [1.54, 1.807) is 24.0 Å². The second kappa shape index (κ2) is 13.6. The Labute approximate surface area is 234 Å². The molecule has 1 saturated heterocycles. The lowest BCUT2D eigenvalue weighted by molar-refractivity contribution is -0.130. The summed E-state index contributed by atoms with van der Waals surface area (Å²) in [5.74, 6) is 1.64. The van der Waals surface area contributed by atoms with E-state index in [4.69, 9.17) is 19.6 Å². The van der Waals surface area contributed by atoms with E-state index in [1.165, 1.54) is 0 Å². The van der Waals surface area contributed by atoms with Gasteiger partial charge in [-0.3, -0.25) is 4.79 Å². The molecule has 10 nitrogen and oxygen atoms in total. The lowest BCUT2D eigenvalue weighted by atomic mass is 10.1. The van der Waals surface area contributed by atoms with Gasteiger partial charge >= 0.3 is 0 Å². The van der Waals surface area contributed by atoms with Gasteiger partial charge in [-0.1, -0.05) is 30.3 Å². The molecule has 0 bridgehead atoms. The number of benzene rings is 1. The summed E-state index contributed by atoms with van der Waals surface area (Å²) in [7, 11) is 2.64. The Hall–Kier alpha value is -4.46. The van der Waals surface area contributed by atoms with Gasteiger partial charge in [0, 0.05) is 57.7 Å². The third kappa shape index (κ3) is 6.57. The number of pyridine rings is 2. The molecule has 1 aliphatic heterocycles. The van der Waals surface area contributed by atoms with Crippen molar-refractivity contribution in [3.63, 3.8) is 0 Å². The largest absolute Gasteiger partial charge is 0.489 e. The van der Waals surface area contributed by atoms with Crippen molar-refractivity contribution in [3.8, 4) is 22.9 Å². The molecule has 1 N–H and O–H groups in total. The van der Waals surface area contributed by atoms with Crippen molar-refractivity contribution in [2.24, 2.45) is 0 Å². The van der Waals surface area contributed by atoms with E-state index >= 15 is 0 Å². The van der Waals surface area contributed by atoms with Gasteiger partial charge in [-0.05, 0) is 30.7 Å². The standard InChI is InChI=1S/C29H30N6O3.CH4O/c1-21(37-2)20-38-25-15-26(29-24(16-30)18-32-35(29)19-25)23-8-9-27(31-17-23)33-10-12-34(13-11-33)28(36)14-22-6-4-3-5-7-22;1-2/h3-9,15,17-19,21H,10-14,20H2,1-2H3;2H,1H3. The Balaban J connectivity index is 0.00000181. The molecule has 3 aromatic heterocycles. The minimum atomic E-state index is -0.0588. The number of carbonyl (C=O) groups is 1. The molecule has 1 aromatic carbocycles. The molecule has 1 unspecified atom stereocenters. The molecule has 10 heteroatoms. The van der Waals surface area contributed by atoms with E-state index in [-0.39, 0.29) is 12.0 Å². The molecule has 0 spiro atoms. The van der Waals surface area contributed by atoms with Gasteiger partial charge in [0.15, 0.2) is 0 Å². The van der Waals surface area contributed by atoms with Gasteiger partial charge < -0.3 is 24.4 Å². The predicted octanol–water partition coefficient (Wildman–Crippen LogP) is 3.18. The SMILES string of the molecule is CO.COC(C)COc1cc(-c2ccc(N3CCN(C(=O)Cc4ccccc4)CC3)nc2)c2c(C#N)cnn2c1. The van der Waals surface area contributed by atoms with E-state index in [9.17, 15) is 10.1 Å². The molecular weight excluding hydrogens is 508 g/mol. The van der Waals surface area contributed by atoms with Crippen LogP contribution in [0.1, 0.15) is 18.1 Å². The zero-order valence-corrected chi connectivity index (χ0v) is 23.0. The summed E-state index contributed by atoms with van der Waals surface area (Å²) in [5, 5.41) is 21.0. The summed E-state index contributed by atoms with van der Waals surface area (Å²) in [5.41, 5.74) is 3.90. The number of aliphatic hydroxyl groups excluding tert-OH is 1. The molecule has 1 amide bonds. The van der Waals surface area contributed by atoms with Gasteiger partial charge in [-0.25, -0.2) is 9.50 Å². The number of ether oxygens (including phenoxy) is 2. The number of carbonyl (C=O) groups excluding carboxylic acids is 1. The monoisotopic (exact) mass is 542 g/mol. The Kier molecular flexibility index (Phi) is 9.67. The Morgan fingerprint density at radius 2 is 1.85 bits per heavy atom. The summed E-state index contributed by atoms with van der Waals surface area (Å²) in [6.45, 7) is 5.10. The normalized spacial score (nSPS) is 13.8. The molecule has 4 aromatic rings. The molecule has 1 atom stereocenters. The van der Waals surface area contributed by atoms with Crippen LogP contribution in [-0.2, 0) is 16.0 Å². The van der Waals surface area contributed by atoms with Gasteiger partial charge in [0.2, 0.25) is 5.91 Å². The zero-order chi connectivity index (χ0) is 28.5. The topological polar surface area (TPSA) is 116 Å². The number of aliphatic hydroxyl groups is 1. The minimum absolute atomic E-state index is 0.0588. The number of amides is 1. The van der Waals surface area contributed by atoms with Crippen molar-refractivity contribution in [2.75, 3.05) is 51.9 Å². The fourth-order valence-corrected chi connectivity index (χ4v) is 4.56. The van der Waals surface area contributed by atoms with Crippen molar-refractivity contribution < 1.29 is 19.4 Å². The Bertz CT molecular complexity index is 1440. The van der Waals surface area contributed by atoms with Gasteiger partial charge in [-0.2, -0.15) is 10.4 Å². The average Bonchev–Trinajstić information content (AvgIpc) is 3.44. The fraction of sp³-hybridized carbons (Fsp3) is 0.333. The summed E-state index contributed by atoms with van der Waals surface area (Å²) in [6, 6.07) is 18.0. The molecule has 0 aliphatic carbocycles. The summed E-state index contributed by atoms with van der Waals surface area (Å²) >= 11 is 0. The van der Waals surface area contributed by atoms with Crippen LogP contribution in [0.15, 0.2) is 67.1 Å². The number of nitrogens with zero attached hydrogens (tertiary/aromatic N) is 6. The first-order chi connectivity index (χ1) is 19.6. The predicted molar refractivity (Wildman–Crippen MR) is 152 cm³/mol. The maximum atomic E-state index is 12.7. The van der Waals surface area contributed by atoms with Crippen LogP contribution < -0.4 is 9.64 Å². The number of hydrogen-bond donors (Lipinski definition) is 1. The van der Waals surface area contributed by atoms with Crippen LogP contribution in [0, 0.1) is 11.3 Å². The first-order valence-corrected chi connectivity index (χ1v) is 13.1. The highest BCUT2D eigenvalue weighted by Gasteiger charge is 2.22. The maximum absolute atomic E-state index is 12.7. The lowest BCUT2D eigenvalue weighted by Crippen LogP contribution is -2.49. The highest BCUT2D eigenvalue weighted by atomic mass is 16.5. The highest BCUT2D eigenvalue weighted by Crippen LogP contribution is 2.31. The van der Waals surface area contributed by atoms with Crippen molar-refractivity contribution in [1.82, 2.24) is 19.5 Å². The quantitative estimate of drug-likeness (QED) is 0.361. The molecular formula is C30H34N6O4. The molecule has 1 fully saturated rings. The maximum Gasteiger partial charge on any atom is 0.227 e. The van der Waals surface area contributed by atoms with Crippen LogP contribution in [0.5, 0.6) is 5.75 Å². The van der Waals surface area contributed by atoms with E-state index in [1.807, 2.05) is 66.6 Å². The molecule has 1 aliphatic rings. The number of rotatable bonds is 8. The molecule has 4 heterocycles. The van der Waals surface area contributed by atoms with Crippen molar-refractivity contribution in [3.05, 3.63) is 78.2 Å². The van der Waals surface area contributed by atoms with Crippen molar-refractivity contribution in [1.29, 1.82) is 5.26 Å². The molecule has 5 rings (SSSR count). The Morgan fingerprint density at radius 1 is 1.10 bits per heavy atom. The van der Waals surface area contributed by atoms with Crippen LogP contribution in [0.2, 0.25) is 0 Å². The number of methoxy groups -OCH3 is 1. The Morgan fingerprint density at radius 3 is 2.50 bits per heavy atom. The van der Waals surface area contributed by atoms with Gasteiger partial charge in [0.1, 0.15) is 24.2 Å². The summed E-state index contributed by atoms with van der Waals surface area (Å²) < 4.78 is 12.9. The molecule has 0 saturated carbocycles. The number of hydrogen-bond acceptors (Lipinski definition) is 8. The fourth-order valence-electron chi connectivity index (χ4n) is 4.56. The third-order valence-electron chi connectivity index (χ3n) is 6.81. The number of piperazine rings is 1. The molecule has 208 valence electrons. The smallest absolute Gasteiger partial charge is 0.227 e. The van der Waals surface area contributed by atoms with Crippen LogP contribution >= 0.6 is 0 Å². The average molecular weight is 543 g/mol. The van der Waals surface area contributed by atoms with Crippen LogP contribution in [0.4, 0.5) is 5.82 Å². The zero-order valence-electron chi connectivity index (χ0n) is 23.0. The van der Waals surface area contributed by atoms with E-state index in [0.29, 0.717) is 42.9 Å². The summed E-state index contributed by atoms with van der Waals surface area (Å²) in [6.07, 6.45) is 5.50. The third-order valence-corrected chi connectivity index (χ3v) is 6.81. The van der Waals surface area contributed by atoms with Crippen molar-refractivity contribution in [2.45, 2.75) is 19.4 Å². The second-order valence-electron chi connectivity index (χ2n) is 9.35. The molecule has 0 radical (unpaired) electrons. The van der Waals surface area contributed by atoms with Crippen LogP contribution in [-0.4, -0.2) is 83.6 Å². The van der Waals surface area contributed by atoms with Crippen LogP contribution in [0.3, 0.4) is 0 Å². The number of fused-ring (bicyclic) bond motifs is 1. The van der Waals surface area contributed by atoms with Gasteiger partial charge in [0.05, 0.1) is 36.0 Å². The number of aromatic nitrogens is 3.